The number of carbonyl (C=O) groups excluding carboxylic acids is 1. The smallest absolute Gasteiger partial charge is 0.309 e. The summed E-state index contributed by atoms with van der Waals surface area (Å²) < 4.78 is 17.0. The molecular formula is C33H49N3O4. The maximum Gasteiger partial charge on any atom is 0.309 e. The number of benzene rings is 2. The summed E-state index contributed by atoms with van der Waals surface area (Å²) in [6.07, 6.45) is 8.08. The van der Waals surface area contributed by atoms with Gasteiger partial charge in [0.25, 0.3) is 0 Å². The second-order valence-corrected chi connectivity index (χ2v) is 12.5. The molecule has 7 heteroatoms. The molecule has 0 atom stereocenters. The van der Waals surface area contributed by atoms with Crippen molar-refractivity contribution in [2.24, 2.45) is 11.7 Å². The molecule has 0 unspecified atom stereocenters. The Bertz CT molecular complexity index is 1110. The fourth-order valence-corrected chi connectivity index (χ4v) is 5.94. The van der Waals surface area contributed by atoms with Crippen molar-refractivity contribution in [2.75, 3.05) is 14.2 Å². The normalized spacial score (nSPS) is 23.4. The van der Waals surface area contributed by atoms with E-state index in [1.807, 2.05) is 20.8 Å². The van der Waals surface area contributed by atoms with Crippen LogP contribution in [0.5, 0.6) is 11.5 Å². The molecular weight excluding hydrogens is 502 g/mol. The number of hydrogen-bond acceptors (Lipinski definition) is 7. The van der Waals surface area contributed by atoms with Crippen molar-refractivity contribution in [1.29, 1.82) is 0 Å². The monoisotopic (exact) mass is 551 g/mol. The standard InChI is InChI=1S/C33H49N3O4/c1-33(2,3)40-32(37)22-6-12-28(13-7-22)35-20-25-18-23(8-16-30(25)38-4)24-9-17-31(39-5)26(19-24)21-36-29-14-10-27(34)11-15-29/h8-9,16-19,22,27-29,35-36H,6-7,10-15,20-21,34H2,1-5H3. The van der Waals surface area contributed by atoms with E-state index < -0.39 is 5.60 Å². The fraction of sp³-hybridized carbons (Fsp3) is 0.606. The summed E-state index contributed by atoms with van der Waals surface area (Å²) in [7, 11) is 3.45. The Balaban J connectivity index is 1.39. The Morgan fingerprint density at radius 1 is 0.775 bits per heavy atom. The molecule has 40 heavy (non-hydrogen) atoms. The molecule has 2 saturated carbocycles. The van der Waals surface area contributed by atoms with Crippen molar-refractivity contribution in [3.8, 4) is 22.6 Å². The molecule has 0 saturated heterocycles. The van der Waals surface area contributed by atoms with E-state index in [4.69, 9.17) is 19.9 Å². The topological polar surface area (TPSA) is 94.8 Å². The lowest BCUT2D eigenvalue weighted by molar-refractivity contribution is -0.161. The summed E-state index contributed by atoms with van der Waals surface area (Å²) in [4.78, 5) is 12.5. The van der Waals surface area contributed by atoms with E-state index in [2.05, 4.69) is 47.0 Å². The van der Waals surface area contributed by atoms with E-state index in [0.717, 1.165) is 91.7 Å². The maximum atomic E-state index is 12.5. The van der Waals surface area contributed by atoms with Crippen LogP contribution in [0.1, 0.15) is 83.3 Å². The van der Waals surface area contributed by atoms with Gasteiger partial charge in [0, 0.05) is 42.3 Å². The van der Waals surface area contributed by atoms with Crippen molar-refractivity contribution < 1.29 is 19.0 Å². The summed E-state index contributed by atoms with van der Waals surface area (Å²) in [5.74, 6) is 1.73. The number of esters is 1. The van der Waals surface area contributed by atoms with Gasteiger partial charge in [-0.2, -0.15) is 0 Å². The first-order valence-corrected chi connectivity index (χ1v) is 14.9. The van der Waals surface area contributed by atoms with E-state index in [0.29, 0.717) is 24.7 Å². The minimum Gasteiger partial charge on any atom is -0.496 e. The van der Waals surface area contributed by atoms with E-state index >= 15 is 0 Å². The van der Waals surface area contributed by atoms with E-state index in [-0.39, 0.29) is 11.9 Å². The van der Waals surface area contributed by atoms with E-state index in [9.17, 15) is 4.79 Å². The molecule has 4 rings (SSSR count). The molecule has 2 aliphatic carbocycles. The highest BCUT2D eigenvalue weighted by atomic mass is 16.6. The van der Waals surface area contributed by atoms with Gasteiger partial charge < -0.3 is 30.6 Å². The lowest BCUT2D eigenvalue weighted by Gasteiger charge is -2.30. The molecule has 2 aromatic rings. The van der Waals surface area contributed by atoms with Gasteiger partial charge in [0.15, 0.2) is 0 Å². The first-order valence-electron chi connectivity index (χ1n) is 14.9. The Labute approximate surface area is 240 Å². The van der Waals surface area contributed by atoms with Gasteiger partial charge in [-0.3, -0.25) is 4.79 Å². The van der Waals surface area contributed by atoms with Crippen LogP contribution in [-0.4, -0.2) is 43.9 Å². The SMILES string of the molecule is COc1ccc(-c2ccc(OC)c(CNC3CCC(C(=O)OC(C)(C)C)CC3)c2)cc1CNC1CCC(N)CC1. The van der Waals surface area contributed by atoms with Crippen LogP contribution in [0.25, 0.3) is 11.1 Å². The largest absolute Gasteiger partial charge is 0.496 e. The summed E-state index contributed by atoms with van der Waals surface area (Å²) in [5, 5.41) is 7.44. The van der Waals surface area contributed by atoms with Gasteiger partial charge in [-0.25, -0.2) is 0 Å². The zero-order valence-electron chi connectivity index (χ0n) is 25.1. The highest BCUT2D eigenvalue weighted by Crippen LogP contribution is 2.32. The van der Waals surface area contributed by atoms with Gasteiger partial charge >= 0.3 is 5.97 Å². The second-order valence-electron chi connectivity index (χ2n) is 12.5. The van der Waals surface area contributed by atoms with Crippen LogP contribution in [0.15, 0.2) is 36.4 Å². The molecule has 4 N–H and O–H groups in total. The van der Waals surface area contributed by atoms with Crippen molar-refractivity contribution in [3.05, 3.63) is 47.5 Å². The second kappa shape index (κ2) is 13.8. The van der Waals surface area contributed by atoms with Crippen LogP contribution < -0.4 is 25.8 Å². The van der Waals surface area contributed by atoms with Gasteiger partial charge in [-0.05, 0) is 108 Å². The number of ether oxygens (including phenoxy) is 3. The molecule has 0 bridgehead atoms. The molecule has 2 aliphatic rings. The summed E-state index contributed by atoms with van der Waals surface area (Å²) in [5.41, 5.74) is 10.3. The highest BCUT2D eigenvalue weighted by molar-refractivity contribution is 5.73. The van der Waals surface area contributed by atoms with Gasteiger partial charge in [0.2, 0.25) is 0 Å². The van der Waals surface area contributed by atoms with Crippen LogP contribution >= 0.6 is 0 Å². The molecule has 0 aromatic heterocycles. The van der Waals surface area contributed by atoms with Crippen molar-refractivity contribution in [2.45, 2.75) is 109 Å². The van der Waals surface area contributed by atoms with Crippen LogP contribution in [0.4, 0.5) is 0 Å². The number of carbonyl (C=O) groups is 1. The fourth-order valence-electron chi connectivity index (χ4n) is 5.94. The number of methoxy groups -OCH3 is 2. The minimum atomic E-state index is -0.432. The van der Waals surface area contributed by atoms with Gasteiger partial charge in [0.1, 0.15) is 17.1 Å². The molecule has 0 spiro atoms. The average Bonchev–Trinajstić information content (AvgIpc) is 2.94. The van der Waals surface area contributed by atoms with Crippen LogP contribution in [0.2, 0.25) is 0 Å². The number of hydrogen-bond donors (Lipinski definition) is 3. The number of rotatable bonds is 10. The lowest BCUT2D eigenvalue weighted by atomic mass is 9.86. The van der Waals surface area contributed by atoms with Crippen molar-refractivity contribution >= 4 is 5.97 Å². The molecule has 2 fully saturated rings. The summed E-state index contributed by atoms with van der Waals surface area (Å²) >= 11 is 0. The minimum absolute atomic E-state index is 0.00425. The molecule has 0 aliphatic heterocycles. The molecule has 7 nitrogen and oxygen atoms in total. The van der Waals surface area contributed by atoms with Gasteiger partial charge in [-0.1, -0.05) is 12.1 Å². The number of nitrogens with two attached hydrogens (primary N) is 1. The Hall–Kier alpha value is -2.61. The molecule has 0 heterocycles. The maximum absolute atomic E-state index is 12.5. The van der Waals surface area contributed by atoms with E-state index in [1.54, 1.807) is 14.2 Å². The zero-order chi connectivity index (χ0) is 28.7. The molecule has 0 radical (unpaired) electrons. The molecule has 0 amide bonds. The predicted octanol–water partition coefficient (Wildman–Crippen LogP) is 5.72. The van der Waals surface area contributed by atoms with Gasteiger partial charge in [-0.15, -0.1) is 0 Å². The zero-order valence-corrected chi connectivity index (χ0v) is 25.1. The van der Waals surface area contributed by atoms with E-state index in [1.165, 1.54) is 0 Å². The molecule has 220 valence electrons. The predicted molar refractivity (Wildman–Crippen MR) is 160 cm³/mol. The first kappa shape index (κ1) is 30.4. The summed E-state index contributed by atoms with van der Waals surface area (Å²) in [6, 6.07) is 14.0. The Morgan fingerprint density at radius 3 is 1.65 bits per heavy atom. The Kier molecular flexibility index (Phi) is 10.5. The third kappa shape index (κ3) is 8.45. The third-order valence-electron chi connectivity index (χ3n) is 8.30. The summed E-state index contributed by atoms with van der Waals surface area (Å²) in [6.45, 7) is 7.27. The van der Waals surface area contributed by atoms with Crippen LogP contribution in [0.3, 0.4) is 0 Å². The first-order chi connectivity index (χ1) is 19.1. The van der Waals surface area contributed by atoms with Crippen LogP contribution in [-0.2, 0) is 22.6 Å². The lowest BCUT2D eigenvalue weighted by Crippen LogP contribution is -2.37. The Morgan fingerprint density at radius 2 is 1.23 bits per heavy atom. The van der Waals surface area contributed by atoms with Gasteiger partial charge in [0.05, 0.1) is 20.1 Å². The third-order valence-corrected chi connectivity index (χ3v) is 8.30. The molecule has 2 aromatic carbocycles. The van der Waals surface area contributed by atoms with Crippen molar-refractivity contribution in [1.82, 2.24) is 10.6 Å². The quantitative estimate of drug-likeness (QED) is 0.325. The number of nitrogens with one attached hydrogen (secondary N) is 2. The van der Waals surface area contributed by atoms with Crippen LogP contribution in [0, 0.1) is 5.92 Å². The van der Waals surface area contributed by atoms with Crippen molar-refractivity contribution in [3.63, 3.8) is 0 Å². The highest BCUT2D eigenvalue weighted by Gasteiger charge is 2.30. The average molecular weight is 552 g/mol.